The summed E-state index contributed by atoms with van der Waals surface area (Å²) in [6, 6.07) is 1.02. The van der Waals surface area contributed by atoms with Crippen molar-refractivity contribution < 1.29 is 5.11 Å². The lowest BCUT2D eigenvalue weighted by atomic mass is 9.82. The van der Waals surface area contributed by atoms with Crippen LogP contribution < -0.4 is 5.32 Å². The Morgan fingerprint density at radius 2 is 1.94 bits per heavy atom. The highest BCUT2D eigenvalue weighted by molar-refractivity contribution is 4.85. The molecule has 17 heavy (non-hydrogen) atoms. The normalized spacial score (nSPS) is 27.0. The zero-order valence-corrected chi connectivity index (χ0v) is 11.4. The highest BCUT2D eigenvalue weighted by Crippen LogP contribution is 2.29. The molecule has 3 nitrogen and oxygen atoms in total. The van der Waals surface area contributed by atoms with Gasteiger partial charge < -0.3 is 15.3 Å². The summed E-state index contributed by atoms with van der Waals surface area (Å²) >= 11 is 0. The number of aliphatic hydroxyl groups excluding tert-OH is 1. The second-order valence-electron chi connectivity index (χ2n) is 6.61. The number of aliphatic hydroxyl groups is 1. The van der Waals surface area contributed by atoms with Crippen LogP contribution in [0.3, 0.4) is 0 Å². The molecule has 1 atom stereocenters. The third-order valence-electron chi connectivity index (χ3n) is 4.27. The molecular formula is C14H28N2O. The summed E-state index contributed by atoms with van der Waals surface area (Å²) in [5.74, 6) is 0. The molecule has 0 bridgehead atoms. The van der Waals surface area contributed by atoms with E-state index in [-0.39, 0.29) is 6.61 Å². The van der Waals surface area contributed by atoms with Crippen molar-refractivity contribution in [1.82, 2.24) is 10.2 Å². The molecule has 1 aliphatic carbocycles. The van der Waals surface area contributed by atoms with Crippen LogP contribution in [0, 0.1) is 5.41 Å². The monoisotopic (exact) mass is 240 g/mol. The maximum absolute atomic E-state index is 9.33. The minimum absolute atomic E-state index is 0.288. The Hall–Kier alpha value is -0.120. The summed E-state index contributed by atoms with van der Waals surface area (Å²) in [5.41, 5.74) is 0.541. The lowest BCUT2D eigenvalue weighted by Crippen LogP contribution is -2.41. The molecule has 2 rings (SSSR count). The minimum atomic E-state index is 0.288. The van der Waals surface area contributed by atoms with Crippen molar-refractivity contribution in [1.29, 1.82) is 0 Å². The third-order valence-corrected chi connectivity index (χ3v) is 4.27. The summed E-state index contributed by atoms with van der Waals surface area (Å²) in [6.45, 7) is 8.63. The zero-order chi connectivity index (χ0) is 12.3. The predicted molar refractivity (Wildman–Crippen MR) is 71.1 cm³/mol. The quantitative estimate of drug-likeness (QED) is 0.740. The molecule has 1 unspecified atom stereocenters. The van der Waals surface area contributed by atoms with Crippen LogP contribution >= 0.6 is 0 Å². The van der Waals surface area contributed by atoms with Crippen molar-refractivity contribution in [2.24, 2.45) is 5.41 Å². The molecule has 0 amide bonds. The second kappa shape index (κ2) is 5.68. The average molecular weight is 240 g/mol. The molecule has 1 saturated heterocycles. The fraction of sp³-hybridized carbons (Fsp3) is 1.00. The Balaban J connectivity index is 1.63. The van der Waals surface area contributed by atoms with E-state index in [0.717, 1.165) is 13.0 Å². The van der Waals surface area contributed by atoms with Gasteiger partial charge in [0.1, 0.15) is 0 Å². The van der Waals surface area contributed by atoms with E-state index in [9.17, 15) is 5.11 Å². The van der Waals surface area contributed by atoms with Gasteiger partial charge in [0.05, 0.1) is 6.61 Å². The van der Waals surface area contributed by atoms with Crippen LogP contribution in [0.2, 0.25) is 0 Å². The summed E-state index contributed by atoms with van der Waals surface area (Å²) in [6.07, 6.45) is 6.32. The molecule has 2 N–H and O–H groups in total. The molecule has 0 radical (unpaired) electrons. The third kappa shape index (κ3) is 4.57. The summed E-state index contributed by atoms with van der Waals surface area (Å²) in [5, 5.41) is 12.9. The van der Waals surface area contributed by atoms with Gasteiger partial charge in [0, 0.05) is 12.1 Å². The first-order chi connectivity index (χ1) is 8.09. The number of piperidine rings is 1. The molecule has 100 valence electrons. The van der Waals surface area contributed by atoms with Crippen LogP contribution in [-0.2, 0) is 0 Å². The van der Waals surface area contributed by atoms with E-state index in [1.807, 2.05) is 0 Å². The number of rotatable bonds is 6. The highest BCUT2D eigenvalue weighted by Gasteiger charge is 2.27. The van der Waals surface area contributed by atoms with Crippen molar-refractivity contribution in [2.45, 2.75) is 58.0 Å². The van der Waals surface area contributed by atoms with Crippen molar-refractivity contribution in [2.75, 3.05) is 26.2 Å². The topological polar surface area (TPSA) is 35.5 Å². The Morgan fingerprint density at radius 3 is 2.47 bits per heavy atom. The molecule has 1 aliphatic heterocycles. The zero-order valence-electron chi connectivity index (χ0n) is 11.4. The Bertz CT molecular complexity index is 228. The summed E-state index contributed by atoms with van der Waals surface area (Å²) in [4.78, 5) is 2.56. The van der Waals surface area contributed by atoms with Crippen LogP contribution in [0.4, 0.5) is 0 Å². The number of likely N-dealkylation sites (tertiary alicyclic amines) is 1. The van der Waals surface area contributed by atoms with Crippen molar-refractivity contribution in [3.8, 4) is 0 Å². The molecule has 1 heterocycles. The first kappa shape index (κ1) is 13.3. The molecule has 0 aromatic carbocycles. The van der Waals surface area contributed by atoms with Gasteiger partial charge in [-0.25, -0.2) is 0 Å². The van der Waals surface area contributed by atoms with Crippen molar-refractivity contribution >= 4 is 0 Å². The Kier molecular flexibility index (Phi) is 4.45. The van der Waals surface area contributed by atoms with Gasteiger partial charge in [-0.3, -0.25) is 0 Å². The van der Waals surface area contributed by atoms with Gasteiger partial charge in [0.25, 0.3) is 0 Å². The Labute approximate surface area is 106 Å². The molecule has 0 aromatic heterocycles. The Morgan fingerprint density at radius 1 is 1.29 bits per heavy atom. The number of nitrogens with zero attached hydrogens (tertiary/aromatic N) is 1. The second-order valence-corrected chi connectivity index (χ2v) is 6.61. The lowest BCUT2D eigenvalue weighted by Gasteiger charge is -2.37. The van der Waals surface area contributed by atoms with Gasteiger partial charge in [-0.2, -0.15) is 0 Å². The van der Waals surface area contributed by atoms with E-state index < -0.39 is 0 Å². The molecule has 3 heteroatoms. The largest absolute Gasteiger partial charge is 0.395 e. The number of hydrogen-bond donors (Lipinski definition) is 2. The minimum Gasteiger partial charge on any atom is -0.395 e. The van der Waals surface area contributed by atoms with E-state index in [4.69, 9.17) is 0 Å². The SMILES string of the molecule is CC1(C)CCN(CCC(CO)NC2CC2)CC1. The standard InChI is InChI=1S/C14H28N2O/c1-14(2)6-9-16(10-7-14)8-5-13(11-17)15-12-3-4-12/h12-13,15,17H,3-11H2,1-2H3. The lowest BCUT2D eigenvalue weighted by molar-refractivity contribution is 0.123. The predicted octanol–water partition coefficient (Wildman–Crippen LogP) is 1.61. The van der Waals surface area contributed by atoms with Gasteiger partial charge >= 0.3 is 0 Å². The first-order valence-electron chi connectivity index (χ1n) is 7.18. The van der Waals surface area contributed by atoms with E-state index in [2.05, 4.69) is 24.1 Å². The van der Waals surface area contributed by atoms with Crippen LogP contribution in [0.25, 0.3) is 0 Å². The van der Waals surface area contributed by atoms with E-state index in [1.54, 1.807) is 0 Å². The first-order valence-corrected chi connectivity index (χ1v) is 7.18. The van der Waals surface area contributed by atoms with Crippen LogP contribution in [0.5, 0.6) is 0 Å². The van der Waals surface area contributed by atoms with E-state index in [0.29, 0.717) is 17.5 Å². The van der Waals surface area contributed by atoms with Gasteiger partial charge in [-0.05, 0) is 57.2 Å². The molecule has 0 aromatic rings. The van der Waals surface area contributed by atoms with E-state index >= 15 is 0 Å². The maximum Gasteiger partial charge on any atom is 0.0585 e. The highest BCUT2D eigenvalue weighted by atomic mass is 16.3. The maximum atomic E-state index is 9.33. The summed E-state index contributed by atoms with van der Waals surface area (Å²) < 4.78 is 0. The number of hydrogen-bond acceptors (Lipinski definition) is 3. The fourth-order valence-corrected chi connectivity index (χ4v) is 2.53. The smallest absolute Gasteiger partial charge is 0.0585 e. The van der Waals surface area contributed by atoms with Crippen LogP contribution in [-0.4, -0.2) is 48.3 Å². The molecular weight excluding hydrogens is 212 g/mol. The van der Waals surface area contributed by atoms with Gasteiger partial charge in [-0.15, -0.1) is 0 Å². The summed E-state index contributed by atoms with van der Waals surface area (Å²) in [7, 11) is 0. The average Bonchev–Trinajstić information content (AvgIpc) is 3.09. The van der Waals surface area contributed by atoms with Gasteiger partial charge in [-0.1, -0.05) is 13.8 Å². The molecule has 1 saturated carbocycles. The molecule has 2 fully saturated rings. The van der Waals surface area contributed by atoms with Crippen LogP contribution in [0.1, 0.15) is 46.0 Å². The van der Waals surface area contributed by atoms with Crippen LogP contribution in [0.15, 0.2) is 0 Å². The van der Waals surface area contributed by atoms with Crippen molar-refractivity contribution in [3.63, 3.8) is 0 Å². The molecule has 0 spiro atoms. The van der Waals surface area contributed by atoms with Gasteiger partial charge in [0.15, 0.2) is 0 Å². The van der Waals surface area contributed by atoms with Gasteiger partial charge in [0.2, 0.25) is 0 Å². The van der Waals surface area contributed by atoms with Crippen molar-refractivity contribution in [3.05, 3.63) is 0 Å². The number of nitrogens with one attached hydrogen (secondary N) is 1. The van der Waals surface area contributed by atoms with E-state index in [1.165, 1.54) is 38.8 Å². The fourth-order valence-electron chi connectivity index (χ4n) is 2.53. The molecule has 2 aliphatic rings.